The van der Waals surface area contributed by atoms with Gasteiger partial charge in [-0.05, 0) is 79.4 Å². The molecule has 4 aliphatic rings. The standard InChI is InChI=1S/C30H50O5/c1-18(20(3)17-35-21(4)31)7-8-19(2)24-9-10-25-23-15-27(33)30(34)16-22(32)11-14-29(30,6)26(23)12-13-28(24,25)5/h15,18-20,22,24-27,32-34H,7-14,16-17H2,1-6H3/t18-,19+,20?,22-,24+,25-,26-,27+,28+,29+,30-/m0/s1. The SMILES string of the molecule is CC(=O)OCC(C)[C@@H](C)CC[C@@H](C)[C@H]1CC[C@H]2C3=C[C@@H](O)[C@@]4(O)C[C@@H](O)CC[C@]4(C)[C@H]3CC[C@]12C. The van der Waals surface area contributed by atoms with Crippen LogP contribution in [-0.4, -0.2) is 45.7 Å². The first-order valence-electron chi connectivity index (χ1n) is 14.3. The molecule has 3 N–H and O–H groups in total. The van der Waals surface area contributed by atoms with Crippen LogP contribution in [-0.2, 0) is 9.53 Å². The van der Waals surface area contributed by atoms with Gasteiger partial charge in [-0.3, -0.25) is 4.79 Å². The summed E-state index contributed by atoms with van der Waals surface area (Å²) < 4.78 is 5.24. The molecule has 0 spiro atoms. The zero-order valence-corrected chi connectivity index (χ0v) is 22.9. The van der Waals surface area contributed by atoms with Gasteiger partial charge < -0.3 is 20.1 Å². The van der Waals surface area contributed by atoms with E-state index in [0.717, 1.165) is 19.3 Å². The van der Waals surface area contributed by atoms with Crippen molar-refractivity contribution < 1.29 is 24.9 Å². The highest BCUT2D eigenvalue weighted by atomic mass is 16.5. The third-order valence-corrected chi connectivity index (χ3v) is 11.6. The molecule has 3 saturated carbocycles. The van der Waals surface area contributed by atoms with Crippen molar-refractivity contribution in [1.82, 2.24) is 0 Å². The van der Waals surface area contributed by atoms with Crippen molar-refractivity contribution in [3.05, 3.63) is 11.6 Å². The fourth-order valence-electron chi connectivity index (χ4n) is 8.95. The Labute approximate surface area is 212 Å². The van der Waals surface area contributed by atoms with E-state index < -0.39 is 17.8 Å². The molecule has 0 aliphatic heterocycles. The number of esters is 1. The second-order valence-electron chi connectivity index (χ2n) is 13.5. The Morgan fingerprint density at radius 1 is 1.03 bits per heavy atom. The number of aliphatic hydroxyl groups is 3. The summed E-state index contributed by atoms with van der Waals surface area (Å²) in [4.78, 5) is 11.2. The van der Waals surface area contributed by atoms with Crippen LogP contribution in [0, 0.1) is 46.3 Å². The van der Waals surface area contributed by atoms with Crippen LogP contribution in [0.15, 0.2) is 11.6 Å². The monoisotopic (exact) mass is 490 g/mol. The molecule has 5 nitrogen and oxygen atoms in total. The zero-order chi connectivity index (χ0) is 25.8. The summed E-state index contributed by atoms with van der Waals surface area (Å²) in [5.41, 5.74) is 0.0620. The highest BCUT2D eigenvalue weighted by Crippen LogP contribution is 2.67. The molecule has 0 amide bonds. The van der Waals surface area contributed by atoms with Gasteiger partial charge in [0.05, 0.1) is 12.7 Å². The lowest BCUT2D eigenvalue weighted by Gasteiger charge is -2.62. The molecule has 0 saturated heterocycles. The van der Waals surface area contributed by atoms with Crippen LogP contribution in [0.1, 0.15) is 99.3 Å². The molecule has 0 radical (unpaired) electrons. The summed E-state index contributed by atoms with van der Waals surface area (Å²) in [6, 6.07) is 0. The number of hydrogen-bond donors (Lipinski definition) is 3. The van der Waals surface area contributed by atoms with Crippen LogP contribution in [0.5, 0.6) is 0 Å². The third-order valence-electron chi connectivity index (χ3n) is 11.6. The lowest BCUT2D eigenvalue weighted by molar-refractivity contribution is -0.210. The van der Waals surface area contributed by atoms with Gasteiger partial charge in [-0.1, -0.05) is 59.1 Å². The zero-order valence-electron chi connectivity index (χ0n) is 22.9. The fourth-order valence-corrected chi connectivity index (χ4v) is 8.95. The Morgan fingerprint density at radius 2 is 1.74 bits per heavy atom. The van der Waals surface area contributed by atoms with Gasteiger partial charge in [0.25, 0.3) is 0 Å². The maximum Gasteiger partial charge on any atom is 0.302 e. The smallest absolute Gasteiger partial charge is 0.302 e. The molecule has 4 aliphatic carbocycles. The number of carbonyl (C=O) groups excluding carboxylic acids is 1. The second kappa shape index (κ2) is 9.76. The number of ether oxygens (including phenoxy) is 1. The van der Waals surface area contributed by atoms with Crippen molar-refractivity contribution in [3.8, 4) is 0 Å². The largest absolute Gasteiger partial charge is 0.466 e. The number of aliphatic hydroxyl groups excluding tert-OH is 2. The average molecular weight is 491 g/mol. The number of fused-ring (bicyclic) bond motifs is 5. The summed E-state index contributed by atoms with van der Waals surface area (Å²) in [6.07, 6.45) is 9.36. The van der Waals surface area contributed by atoms with Crippen LogP contribution in [0.4, 0.5) is 0 Å². The number of hydrogen-bond acceptors (Lipinski definition) is 5. The Balaban J connectivity index is 1.46. The molecular weight excluding hydrogens is 440 g/mol. The van der Waals surface area contributed by atoms with Crippen LogP contribution >= 0.6 is 0 Å². The van der Waals surface area contributed by atoms with Crippen LogP contribution in [0.2, 0.25) is 0 Å². The third kappa shape index (κ3) is 4.52. The van der Waals surface area contributed by atoms with E-state index in [2.05, 4.69) is 34.6 Å². The molecule has 5 heteroatoms. The van der Waals surface area contributed by atoms with E-state index in [1.165, 1.54) is 38.2 Å². The Bertz CT molecular complexity index is 824. The lowest BCUT2D eigenvalue weighted by atomic mass is 9.45. The van der Waals surface area contributed by atoms with Gasteiger partial charge in [-0.2, -0.15) is 0 Å². The molecule has 0 aromatic carbocycles. The minimum atomic E-state index is -1.23. The molecule has 4 rings (SSSR count). The van der Waals surface area contributed by atoms with E-state index in [1.807, 2.05) is 6.08 Å². The van der Waals surface area contributed by atoms with Gasteiger partial charge >= 0.3 is 5.97 Å². The Hall–Kier alpha value is -0.910. The Morgan fingerprint density at radius 3 is 2.43 bits per heavy atom. The first-order valence-corrected chi connectivity index (χ1v) is 14.3. The molecule has 0 aromatic heterocycles. The van der Waals surface area contributed by atoms with Crippen molar-refractivity contribution >= 4 is 5.97 Å². The molecule has 0 heterocycles. The predicted octanol–water partition coefficient (Wildman–Crippen LogP) is 5.26. The quantitative estimate of drug-likeness (QED) is 0.335. The van der Waals surface area contributed by atoms with Crippen molar-refractivity contribution in [2.24, 2.45) is 46.3 Å². The van der Waals surface area contributed by atoms with Gasteiger partial charge in [0.15, 0.2) is 0 Å². The summed E-state index contributed by atoms with van der Waals surface area (Å²) >= 11 is 0. The highest BCUT2D eigenvalue weighted by Gasteiger charge is 2.64. The minimum Gasteiger partial charge on any atom is -0.466 e. The first-order chi connectivity index (χ1) is 16.3. The van der Waals surface area contributed by atoms with Crippen LogP contribution in [0.3, 0.4) is 0 Å². The number of carbonyl (C=O) groups is 1. The molecule has 1 unspecified atom stereocenters. The number of rotatable bonds is 7. The number of allylic oxidation sites excluding steroid dienone is 1. The summed E-state index contributed by atoms with van der Waals surface area (Å²) in [6.45, 7) is 13.5. The van der Waals surface area contributed by atoms with E-state index in [-0.39, 0.29) is 23.2 Å². The van der Waals surface area contributed by atoms with E-state index in [9.17, 15) is 20.1 Å². The predicted molar refractivity (Wildman–Crippen MR) is 137 cm³/mol. The van der Waals surface area contributed by atoms with E-state index in [4.69, 9.17) is 4.74 Å². The van der Waals surface area contributed by atoms with Crippen LogP contribution in [0.25, 0.3) is 0 Å². The molecule has 0 bridgehead atoms. The van der Waals surface area contributed by atoms with Crippen molar-refractivity contribution in [2.75, 3.05) is 6.61 Å². The van der Waals surface area contributed by atoms with E-state index in [1.54, 1.807) is 0 Å². The maximum absolute atomic E-state index is 11.6. The van der Waals surface area contributed by atoms with Crippen molar-refractivity contribution in [3.63, 3.8) is 0 Å². The Kier molecular flexibility index (Phi) is 7.57. The van der Waals surface area contributed by atoms with E-state index in [0.29, 0.717) is 48.5 Å². The lowest BCUT2D eigenvalue weighted by Crippen LogP contribution is -2.65. The summed E-state index contributed by atoms with van der Waals surface area (Å²) in [5.74, 6) is 2.79. The van der Waals surface area contributed by atoms with Crippen molar-refractivity contribution in [1.29, 1.82) is 0 Å². The van der Waals surface area contributed by atoms with Gasteiger partial charge in [-0.15, -0.1) is 0 Å². The molecule has 11 atom stereocenters. The summed E-state index contributed by atoms with van der Waals surface area (Å²) in [5, 5.41) is 33.1. The fraction of sp³-hybridized carbons (Fsp3) is 0.900. The molecular formula is C30H50O5. The highest BCUT2D eigenvalue weighted by molar-refractivity contribution is 5.65. The summed E-state index contributed by atoms with van der Waals surface area (Å²) in [7, 11) is 0. The molecule has 200 valence electrons. The maximum atomic E-state index is 11.6. The van der Waals surface area contributed by atoms with Gasteiger partial charge in [0, 0.05) is 18.8 Å². The van der Waals surface area contributed by atoms with Gasteiger partial charge in [-0.25, -0.2) is 0 Å². The topological polar surface area (TPSA) is 87.0 Å². The van der Waals surface area contributed by atoms with Crippen molar-refractivity contribution in [2.45, 2.75) is 117 Å². The average Bonchev–Trinajstić information content (AvgIpc) is 3.15. The molecule has 3 fully saturated rings. The normalized spacial score (nSPS) is 45.4. The molecule has 0 aromatic rings. The van der Waals surface area contributed by atoms with Gasteiger partial charge in [0.2, 0.25) is 0 Å². The minimum absolute atomic E-state index is 0.197. The second-order valence-corrected chi connectivity index (χ2v) is 13.5. The van der Waals surface area contributed by atoms with Gasteiger partial charge in [0.1, 0.15) is 11.7 Å². The molecule has 35 heavy (non-hydrogen) atoms. The van der Waals surface area contributed by atoms with E-state index >= 15 is 0 Å². The first kappa shape index (κ1) is 27.1. The van der Waals surface area contributed by atoms with Crippen LogP contribution < -0.4 is 0 Å².